The molecule has 0 saturated carbocycles. The average Bonchev–Trinajstić information content (AvgIpc) is 3.33. The van der Waals surface area contributed by atoms with Crippen LogP contribution in [0.15, 0.2) is 65.6 Å². The number of nitrogens with one attached hydrogen (secondary N) is 2. The molecule has 9 heteroatoms. The first-order valence-corrected chi connectivity index (χ1v) is 12.5. The number of piperazine rings is 1. The van der Waals surface area contributed by atoms with Crippen LogP contribution in [0, 0.1) is 5.82 Å². The number of rotatable bonds is 4. The van der Waals surface area contributed by atoms with Crippen LogP contribution in [-0.2, 0) is 0 Å². The standard InChI is InChI=1S/C28H27FN6O2/c1-30-28(37)24-9-7-18(16-31-24)34-10-12-35(13-11-34)25-15-21(19-4-2-3-5-20(19)25)26-32-23-8-6-17(29)14-22(23)27(36)33-26/h2-9,14,16,21,25H,10-13,15H2,1H3,(H,30,37)(H,32,33,36)/t21-,25-/m0/s1. The zero-order valence-electron chi connectivity index (χ0n) is 20.4. The quantitative estimate of drug-likeness (QED) is 0.449. The van der Waals surface area contributed by atoms with Gasteiger partial charge >= 0.3 is 0 Å². The first-order chi connectivity index (χ1) is 18.0. The second kappa shape index (κ2) is 9.40. The molecule has 2 atom stereocenters. The Morgan fingerprint density at radius 2 is 1.84 bits per heavy atom. The summed E-state index contributed by atoms with van der Waals surface area (Å²) >= 11 is 0. The predicted octanol–water partition coefficient (Wildman–Crippen LogP) is 3.22. The van der Waals surface area contributed by atoms with E-state index in [1.165, 1.54) is 23.3 Å². The number of pyridine rings is 1. The van der Waals surface area contributed by atoms with Crippen molar-refractivity contribution >= 4 is 22.5 Å². The highest BCUT2D eigenvalue weighted by atomic mass is 19.1. The first kappa shape index (κ1) is 23.3. The minimum Gasteiger partial charge on any atom is -0.368 e. The lowest BCUT2D eigenvalue weighted by molar-refractivity contribution is 0.0958. The van der Waals surface area contributed by atoms with Gasteiger partial charge in [0.1, 0.15) is 17.3 Å². The van der Waals surface area contributed by atoms with Crippen molar-refractivity contribution in [1.29, 1.82) is 0 Å². The van der Waals surface area contributed by atoms with Gasteiger partial charge in [-0.3, -0.25) is 14.5 Å². The third-order valence-corrected chi connectivity index (χ3v) is 7.53. The van der Waals surface area contributed by atoms with Crippen molar-refractivity contribution in [3.8, 4) is 0 Å². The van der Waals surface area contributed by atoms with Crippen molar-refractivity contribution in [3.05, 3.63) is 99.6 Å². The van der Waals surface area contributed by atoms with E-state index in [9.17, 15) is 14.0 Å². The number of halogens is 1. The maximum Gasteiger partial charge on any atom is 0.269 e. The average molecular weight is 499 g/mol. The van der Waals surface area contributed by atoms with Crippen LogP contribution in [0.5, 0.6) is 0 Å². The predicted molar refractivity (Wildman–Crippen MR) is 139 cm³/mol. The third-order valence-electron chi connectivity index (χ3n) is 7.53. The number of fused-ring (bicyclic) bond motifs is 2. The Labute approximate surface area is 213 Å². The molecule has 6 rings (SSSR count). The van der Waals surface area contributed by atoms with E-state index in [-0.39, 0.29) is 28.8 Å². The largest absolute Gasteiger partial charge is 0.368 e. The Morgan fingerprint density at radius 1 is 1.05 bits per heavy atom. The Kier molecular flexibility index (Phi) is 5.92. The van der Waals surface area contributed by atoms with Crippen LogP contribution in [-0.4, -0.2) is 59.0 Å². The van der Waals surface area contributed by atoms with Crippen molar-refractivity contribution in [2.24, 2.45) is 0 Å². The zero-order chi connectivity index (χ0) is 25.5. The number of amides is 1. The number of carbonyl (C=O) groups excluding carboxylic acids is 1. The van der Waals surface area contributed by atoms with Crippen LogP contribution >= 0.6 is 0 Å². The Morgan fingerprint density at radius 3 is 2.57 bits per heavy atom. The highest BCUT2D eigenvalue weighted by Crippen LogP contribution is 2.46. The number of H-pyrrole nitrogens is 1. The van der Waals surface area contributed by atoms with Crippen molar-refractivity contribution in [3.63, 3.8) is 0 Å². The number of carbonyl (C=O) groups is 1. The number of hydrogen-bond donors (Lipinski definition) is 2. The van der Waals surface area contributed by atoms with Gasteiger partial charge < -0.3 is 15.2 Å². The Balaban J connectivity index is 1.22. The minimum absolute atomic E-state index is 0.0390. The summed E-state index contributed by atoms with van der Waals surface area (Å²) in [5, 5.41) is 2.86. The highest BCUT2D eigenvalue weighted by molar-refractivity contribution is 5.92. The molecular formula is C28H27FN6O2. The van der Waals surface area contributed by atoms with E-state index in [2.05, 4.69) is 43.3 Å². The molecule has 3 heterocycles. The fraction of sp³-hybridized carbons (Fsp3) is 0.286. The van der Waals surface area contributed by atoms with Gasteiger partial charge in [0.15, 0.2) is 0 Å². The maximum atomic E-state index is 13.7. The van der Waals surface area contributed by atoms with Crippen LogP contribution in [0.4, 0.5) is 10.1 Å². The summed E-state index contributed by atoms with van der Waals surface area (Å²) in [6, 6.07) is 16.4. The van der Waals surface area contributed by atoms with E-state index in [0.717, 1.165) is 38.3 Å². The van der Waals surface area contributed by atoms with E-state index in [1.807, 2.05) is 12.1 Å². The van der Waals surface area contributed by atoms with E-state index >= 15 is 0 Å². The molecular weight excluding hydrogens is 471 g/mol. The second-order valence-electron chi connectivity index (χ2n) is 9.55. The summed E-state index contributed by atoms with van der Waals surface area (Å²) in [5.41, 5.74) is 4.04. The van der Waals surface area contributed by atoms with Crippen molar-refractivity contribution < 1.29 is 9.18 Å². The molecule has 0 bridgehead atoms. The van der Waals surface area contributed by atoms with Gasteiger partial charge in [-0.25, -0.2) is 14.4 Å². The zero-order valence-corrected chi connectivity index (χ0v) is 20.4. The number of benzene rings is 2. The van der Waals surface area contributed by atoms with Crippen molar-refractivity contribution in [2.45, 2.75) is 18.4 Å². The van der Waals surface area contributed by atoms with Gasteiger partial charge in [-0.1, -0.05) is 24.3 Å². The molecule has 1 fully saturated rings. The Bertz CT molecular complexity index is 1530. The third kappa shape index (κ3) is 4.25. The fourth-order valence-corrected chi connectivity index (χ4v) is 5.63. The number of aromatic amines is 1. The van der Waals surface area contributed by atoms with E-state index in [1.54, 1.807) is 25.4 Å². The van der Waals surface area contributed by atoms with E-state index < -0.39 is 5.82 Å². The summed E-state index contributed by atoms with van der Waals surface area (Å²) < 4.78 is 13.7. The van der Waals surface area contributed by atoms with Crippen LogP contribution in [0.25, 0.3) is 10.9 Å². The summed E-state index contributed by atoms with van der Waals surface area (Å²) in [7, 11) is 1.59. The van der Waals surface area contributed by atoms with E-state index in [0.29, 0.717) is 17.0 Å². The molecule has 0 spiro atoms. The molecule has 1 amide bonds. The summed E-state index contributed by atoms with van der Waals surface area (Å²) in [6.45, 7) is 3.45. The number of aromatic nitrogens is 3. The summed E-state index contributed by atoms with van der Waals surface area (Å²) in [6.07, 6.45) is 2.58. The monoisotopic (exact) mass is 498 g/mol. The van der Waals surface area contributed by atoms with Crippen LogP contribution in [0.3, 0.4) is 0 Å². The molecule has 1 aliphatic carbocycles. The van der Waals surface area contributed by atoms with Gasteiger partial charge in [0.25, 0.3) is 11.5 Å². The van der Waals surface area contributed by atoms with Crippen LogP contribution in [0.1, 0.15) is 45.8 Å². The lowest BCUT2D eigenvalue weighted by atomic mass is 10.0. The topological polar surface area (TPSA) is 94.2 Å². The van der Waals surface area contributed by atoms with Gasteiger partial charge in [-0.15, -0.1) is 0 Å². The van der Waals surface area contributed by atoms with Gasteiger partial charge in [-0.2, -0.15) is 0 Å². The van der Waals surface area contributed by atoms with Crippen molar-refractivity contribution in [2.75, 3.05) is 38.1 Å². The molecule has 188 valence electrons. The van der Waals surface area contributed by atoms with Gasteiger partial charge in [0.05, 0.1) is 22.8 Å². The van der Waals surface area contributed by atoms with Gasteiger partial charge in [-0.05, 0) is 47.9 Å². The SMILES string of the molecule is CNC(=O)c1ccc(N2CCN([C@H]3C[C@H](c4nc5ccc(F)cc5c(=O)[nH]4)c4ccccc43)CC2)cn1. The maximum absolute atomic E-state index is 13.7. The smallest absolute Gasteiger partial charge is 0.269 e. The summed E-state index contributed by atoms with van der Waals surface area (Å²) in [5.74, 6) is -0.0563. The molecule has 2 aromatic carbocycles. The fourth-order valence-electron chi connectivity index (χ4n) is 5.63. The normalized spacial score (nSPS) is 19.7. The van der Waals surface area contributed by atoms with Crippen LogP contribution in [0.2, 0.25) is 0 Å². The first-order valence-electron chi connectivity index (χ1n) is 12.5. The molecule has 4 aromatic rings. The lowest BCUT2D eigenvalue weighted by Gasteiger charge is -2.39. The number of nitrogens with zero attached hydrogens (tertiary/aromatic N) is 4. The molecule has 1 aliphatic heterocycles. The molecule has 2 aromatic heterocycles. The molecule has 2 N–H and O–H groups in total. The molecule has 0 unspecified atom stereocenters. The minimum atomic E-state index is -0.448. The van der Waals surface area contributed by atoms with Gasteiger partial charge in [0, 0.05) is 45.2 Å². The lowest BCUT2D eigenvalue weighted by Crippen LogP contribution is -2.47. The van der Waals surface area contributed by atoms with Crippen molar-refractivity contribution in [1.82, 2.24) is 25.2 Å². The molecule has 2 aliphatic rings. The highest BCUT2D eigenvalue weighted by Gasteiger charge is 2.37. The van der Waals surface area contributed by atoms with Gasteiger partial charge in [0.2, 0.25) is 0 Å². The number of anilines is 1. The number of hydrogen-bond acceptors (Lipinski definition) is 6. The molecule has 0 radical (unpaired) electrons. The molecule has 37 heavy (non-hydrogen) atoms. The molecule has 1 saturated heterocycles. The Hall–Kier alpha value is -4.11. The second-order valence-corrected chi connectivity index (χ2v) is 9.55. The van der Waals surface area contributed by atoms with Crippen LogP contribution < -0.4 is 15.8 Å². The molecule has 8 nitrogen and oxygen atoms in total. The summed E-state index contributed by atoms with van der Waals surface area (Å²) in [4.78, 5) is 41.3. The van der Waals surface area contributed by atoms with E-state index in [4.69, 9.17) is 4.98 Å².